The number of carboxylic acids is 1. The van der Waals surface area contributed by atoms with E-state index in [2.05, 4.69) is 15.9 Å². The van der Waals surface area contributed by atoms with Gasteiger partial charge in [-0.05, 0) is 37.6 Å². The number of likely N-dealkylation sites (tertiary alicyclic amines) is 1. The first kappa shape index (κ1) is 19.9. The zero-order valence-electron chi connectivity index (χ0n) is 13.2. The Bertz CT molecular complexity index is 553. The molecule has 1 aliphatic heterocycles. The molecule has 2 unspecified atom stereocenters. The Kier molecular flexibility index (Phi) is 7.51. The molecule has 7 heteroatoms. The van der Waals surface area contributed by atoms with Crippen LogP contribution in [0.4, 0.5) is 0 Å². The average Bonchev–Trinajstić information content (AvgIpc) is 2.98. The number of likely N-dealkylation sites (N-methyl/N-ethyl adjacent to an activating group) is 1. The lowest BCUT2D eigenvalue weighted by Crippen LogP contribution is -2.44. The number of amides is 1. The number of halogens is 2. The lowest BCUT2D eigenvalue weighted by Gasteiger charge is -2.28. The van der Waals surface area contributed by atoms with Crippen LogP contribution in [0.15, 0.2) is 28.7 Å². The van der Waals surface area contributed by atoms with Gasteiger partial charge in [-0.1, -0.05) is 28.1 Å². The van der Waals surface area contributed by atoms with Gasteiger partial charge in [-0.3, -0.25) is 14.5 Å². The van der Waals surface area contributed by atoms with E-state index in [0.717, 1.165) is 10.0 Å². The van der Waals surface area contributed by atoms with Crippen molar-refractivity contribution in [3.63, 3.8) is 0 Å². The Balaban J connectivity index is 0.00000264. The van der Waals surface area contributed by atoms with Crippen LogP contribution in [0, 0.1) is 5.92 Å². The minimum atomic E-state index is -0.773. The predicted molar refractivity (Wildman–Crippen MR) is 94.6 cm³/mol. The molecule has 1 amide bonds. The van der Waals surface area contributed by atoms with E-state index in [1.165, 1.54) is 0 Å². The highest BCUT2D eigenvalue weighted by molar-refractivity contribution is 9.10. The van der Waals surface area contributed by atoms with Crippen LogP contribution in [-0.2, 0) is 16.1 Å². The van der Waals surface area contributed by atoms with E-state index in [1.807, 2.05) is 36.1 Å². The summed E-state index contributed by atoms with van der Waals surface area (Å²) >= 11 is 3.39. The Morgan fingerprint density at radius 1 is 1.39 bits per heavy atom. The number of hydrogen-bond donors (Lipinski definition) is 1. The Labute approximate surface area is 151 Å². The van der Waals surface area contributed by atoms with Crippen LogP contribution in [0.1, 0.15) is 18.9 Å². The van der Waals surface area contributed by atoms with Crippen molar-refractivity contribution >= 4 is 40.2 Å². The van der Waals surface area contributed by atoms with Crippen molar-refractivity contribution in [2.45, 2.75) is 25.9 Å². The van der Waals surface area contributed by atoms with Gasteiger partial charge in [-0.15, -0.1) is 12.4 Å². The third-order valence-corrected chi connectivity index (χ3v) is 4.71. The molecule has 0 spiro atoms. The fourth-order valence-electron chi connectivity index (χ4n) is 2.76. The summed E-state index contributed by atoms with van der Waals surface area (Å²) in [5, 5.41) is 9.05. The summed E-state index contributed by atoms with van der Waals surface area (Å²) < 4.78 is 1.01. The van der Waals surface area contributed by atoms with Crippen LogP contribution >= 0.6 is 28.3 Å². The van der Waals surface area contributed by atoms with E-state index in [9.17, 15) is 9.59 Å². The van der Waals surface area contributed by atoms with Crippen LogP contribution in [0.3, 0.4) is 0 Å². The van der Waals surface area contributed by atoms with Crippen LogP contribution in [-0.4, -0.2) is 53.0 Å². The molecule has 23 heavy (non-hydrogen) atoms. The highest BCUT2D eigenvalue weighted by Crippen LogP contribution is 2.20. The highest BCUT2D eigenvalue weighted by Gasteiger charge is 2.33. The second-order valence-electron chi connectivity index (χ2n) is 5.82. The molecular weight excluding hydrogens is 384 g/mol. The van der Waals surface area contributed by atoms with Gasteiger partial charge >= 0.3 is 5.97 Å². The third kappa shape index (κ3) is 5.19. The molecule has 0 bridgehead atoms. The summed E-state index contributed by atoms with van der Waals surface area (Å²) in [5.74, 6) is -1.11. The average molecular weight is 406 g/mol. The van der Waals surface area contributed by atoms with Crippen molar-refractivity contribution in [1.29, 1.82) is 0 Å². The normalized spacial score (nSPS) is 19.0. The fraction of sp³-hybridized carbons (Fsp3) is 0.500. The Hall–Kier alpha value is -1.11. The van der Waals surface area contributed by atoms with Crippen molar-refractivity contribution in [3.8, 4) is 0 Å². The summed E-state index contributed by atoms with van der Waals surface area (Å²) in [6, 6.07) is 7.58. The molecule has 2 rings (SSSR count). The predicted octanol–water partition coefficient (Wildman–Crippen LogP) is 2.62. The molecule has 1 aliphatic rings. The molecule has 1 aromatic rings. The van der Waals surface area contributed by atoms with E-state index in [-0.39, 0.29) is 30.3 Å². The number of rotatable bonds is 5. The molecule has 1 N–H and O–H groups in total. The molecule has 1 fully saturated rings. The number of aliphatic carboxylic acids is 1. The van der Waals surface area contributed by atoms with Crippen molar-refractivity contribution in [2.75, 3.05) is 20.1 Å². The molecule has 0 radical (unpaired) electrons. The van der Waals surface area contributed by atoms with Gasteiger partial charge in [0.05, 0.1) is 12.0 Å². The molecule has 0 saturated carbocycles. The number of carbonyl (C=O) groups excluding carboxylic acids is 1. The van der Waals surface area contributed by atoms with Crippen LogP contribution in [0.2, 0.25) is 0 Å². The molecule has 1 aromatic carbocycles. The maximum Gasteiger partial charge on any atom is 0.307 e. The van der Waals surface area contributed by atoms with Gasteiger partial charge in [0.15, 0.2) is 0 Å². The molecule has 2 atom stereocenters. The quantitative estimate of drug-likeness (QED) is 0.818. The monoisotopic (exact) mass is 404 g/mol. The highest BCUT2D eigenvalue weighted by atomic mass is 79.9. The first-order valence-corrected chi connectivity index (χ1v) is 8.14. The van der Waals surface area contributed by atoms with Crippen molar-refractivity contribution < 1.29 is 14.7 Å². The maximum atomic E-state index is 12.5. The fourth-order valence-corrected chi connectivity index (χ4v) is 3.02. The maximum absolute atomic E-state index is 12.5. The Morgan fingerprint density at radius 2 is 2.00 bits per heavy atom. The zero-order chi connectivity index (χ0) is 16.3. The minimum Gasteiger partial charge on any atom is -0.481 e. The van der Waals surface area contributed by atoms with Gasteiger partial charge in [0.1, 0.15) is 0 Å². The van der Waals surface area contributed by atoms with Crippen molar-refractivity contribution in [1.82, 2.24) is 9.80 Å². The van der Waals surface area contributed by atoms with Gasteiger partial charge in [-0.2, -0.15) is 0 Å². The van der Waals surface area contributed by atoms with Gasteiger partial charge in [-0.25, -0.2) is 0 Å². The number of carboxylic acid groups (broad SMARTS) is 1. The van der Waals surface area contributed by atoms with E-state index >= 15 is 0 Å². The van der Waals surface area contributed by atoms with Crippen LogP contribution in [0.25, 0.3) is 0 Å². The van der Waals surface area contributed by atoms with Gasteiger partial charge in [0, 0.05) is 24.6 Å². The van der Waals surface area contributed by atoms with E-state index in [1.54, 1.807) is 11.9 Å². The largest absolute Gasteiger partial charge is 0.481 e. The molecule has 0 aromatic heterocycles. The molecular formula is C16H22BrClN2O3. The second-order valence-corrected chi connectivity index (χ2v) is 6.73. The number of hydrogen-bond acceptors (Lipinski definition) is 3. The smallest absolute Gasteiger partial charge is 0.307 e. The minimum absolute atomic E-state index is 0. The molecule has 128 valence electrons. The SMILES string of the molecule is CC(C(=O)N(C)Cc1ccc(Br)cc1)N1CCC(C(=O)O)C1.Cl. The number of nitrogens with zero attached hydrogens (tertiary/aromatic N) is 2. The van der Waals surface area contributed by atoms with Gasteiger partial charge in [0.2, 0.25) is 5.91 Å². The number of carbonyl (C=O) groups is 2. The van der Waals surface area contributed by atoms with E-state index in [0.29, 0.717) is 26.1 Å². The summed E-state index contributed by atoms with van der Waals surface area (Å²) in [5.41, 5.74) is 1.07. The first-order valence-electron chi connectivity index (χ1n) is 7.34. The lowest BCUT2D eigenvalue weighted by atomic mass is 10.1. The zero-order valence-corrected chi connectivity index (χ0v) is 15.6. The van der Waals surface area contributed by atoms with Gasteiger partial charge < -0.3 is 10.0 Å². The van der Waals surface area contributed by atoms with Crippen molar-refractivity contribution in [3.05, 3.63) is 34.3 Å². The Morgan fingerprint density at radius 3 is 2.52 bits per heavy atom. The number of benzene rings is 1. The summed E-state index contributed by atoms with van der Waals surface area (Å²) in [6.07, 6.45) is 0.614. The van der Waals surface area contributed by atoms with Crippen molar-refractivity contribution in [2.24, 2.45) is 5.92 Å². The molecule has 1 heterocycles. The standard InChI is InChI=1S/C16H21BrN2O3.ClH/c1-11(19-8-7-13(10-19)16(21)22)15(20)18(2)9-12-3-5-14(17)6-4-12;/h3-6,11,13H,7-10H2,1-2H3,(H,21,22);1H. The summed E-state index contributed by atoms with van der Waals surface area (Å²) in [4.78, 5) is 27.2. The second kappa shape index (κ2) is 8.66. The summed E-state index contributed by atoms with van der Waals surface area (Å²) in [6.45, 7) is 3.52. The molecule has 1 saturated heterocycles. The van der Waals surface area contributed by atoms with Crippen LogP contribution < -0.4 is 0 Å². The van der Waals surface area contributed by atoms with Crippen LogP contribution in [0.5, 0.6) is 0 Å². The lowest BCUT2D eigenvalue weighted by molar-refractivity contribution is -0.142. The van der Waals surface area contributed by atoms with E-state index < -0.39 is 5.97 Å². The first-order chi connectivity index (χ1) is 10.4. The topological polar surface area (TPSA) is 60.9 Å². The third-order valence-electron chi connectivity index (χ3n) is 4.18. The summed E-state index contributed by atoms with van der Waals surface area (Å²) in [7, 11) is 1.78. The van der Waals surface area contributed by atoms with E-state index in [4.69, 9.17) is 5.11 Å². The van der Waals surface area contributed by atoms with Gasteiger partial charge in [0.25, 0.3) is 0 Å². The molecule has 0 aliphatic carbocycles. The molecule has 5 nitrogen and oxygen atoms in total.